The first-order chi connectivity index (χ1) is 11.1. The third-order valence-electron chi connectivity index (χ3n) is 3.69. The van der Waals surface area contributed by atoms with Crippen LogP contribution in [-0.2, 0) is 18.0 Å². The maximum atomic E-state index is 11.4. The number of aromatic nitrogens is 3. The van der Waals surface area contributed by atoms with Crippen molar-refractivity contribution in [3.8, 4) is 0 Å². The molecule has 0 atom stereocenters. The second-order valence-corrected chi connectivity index (χ2v) is 6.32. The van der Waals surface area contributed by atoms with Crippen LogP contribution in [0.1, 0.15) is 28.9 Å². The topological polar surface area (TPSA) is 60.2 Å². The second-order valence-electron chi connectivity index (χ2n) is 5.50. The molecule has 0 aliphatic heterocycles. The Morgan fingerprint density at radius 3 is 2.83 bits per heavy atom. The number of hydrogen-bond acceptors (Lipinski definition) is 5. The lowest BCUT2D eigenvalue weighted by atomic mass is 10.2. The molecule has 0 amide bonds. The van der Waals surface area contributed by atoms with Crippen molar-refractivity contribution >= 4 is 29.2 Å². The van der Waals surface area contributed by atoms with Crippen LogP contribution < -0.4 is 0 Å². The number of esters is 1. The van der Waals surface area contributed by atoms with Gasteiger partial charge in [-0.1, -0.05) is 34.5 Å². The Morgan fingerprint density at radius 1 is 1.39 bits per heavy atom. The van der Waals surface area contributed by atoms with Crippen LogP contribution in [0.15, 0.2) is 24.4 Å². The van der Waals surface area contributed by atoms with Gasteiger partial charge in [-0.15, -0.1) is 5.10 Å². The van der Waals surface area contributed by atoms with Crippen LogP contribution in [0.25, 0.3) is 0 Å². The number of halogens is 2. The van der Waals surface area contributed by atoms with E-state index in [1.54, 1.807) is 16.9 Å². The zero-order valence-electron chi connectivity index (χ0n) is 12.6. The molecule has 0 saturated heterocycles. The average molecular weight is 355 g/mol. The molecule has 1 saturated carbocycles. The molecule has 1 aromatic carbocycles. The molecular weight excluding hydrogens is 339 g/mol. The van der Waals surface area contributed by atoms with Gasteiger partial charge in [0.25, 0.3) is 0 Å². The van der Waals surface area contributed by atoms with E-state index in [2.05, 4.69) is 19.9 Å². The highest BCUT2D eigenvalue weighted by Crippen LogP contribution is 2.30. The van der Waals surface area contributed by atoms with Crippen molar-refractivity contribution in [3.63, 3.8) is 0 Å². The lowest BCUT2D eigenvalue weighted by molar-refractivity contribution is 0.0594. The van der Waals surface area contributed by atoms with Crippen molar-refractivity contribution in [2.75, 3.05) is 7.11 Å². The van der Waals surface area contributed by atoms with Crippen LogP contribution >= 0.6 is 23.2 Å². The molecule has 1 aliphatic carbocycles. The molecule has 0 bridgehead atoms. The van der Waals surface area contributed by atoms with Crippen LogP contribution in [0.2, 0.25) is 10.0 Å². The van der Waals surface area contributed by atoms with E-state index >= 15 is 0 Å². The van der Waals surface area contributed by atoms with Crippen molar-refractivity contribution in [3.05, 3.63) is 45.7 Å². The highest BCUT2D eigenvalue weighted by Gasteiger charge is 2.29. The molecule has 0 unspecified atom stereocenters. The number of benzene rings is 1. The molecule has 2 aromatic rings. The molecule has 23 heavy (non-hydrogen) atoms. The van der Waals surface area contributed by atoms with Crippen LogP contribution in [0.5, 0.6) is 0 Å². The molecule has 1 aliphatic rings. The molecule has 0 N–H and O–H groups in total. The standard InChI is InChI=1S/C15H16Cl2N4O2/c1-23-15(22)14-8-21(19-18-14)9-20(11-3-4-11)7-10-2-5-12(16)13(17)6-10/h2,5-6,8,11H,3-4,7,9H2,1H3. The fraction of sp³-hybridized carbons (Fsp3) is 0.400. The maximum Gasteiger partial charge on any atom is 0.360 e. The largest absolute Gasteiger partial charge is 0.464 e. The molecule has 3 rings (SSSR count). The van der Waals surface area contributed by atoms with Crippen molar-refractivity contribution in [2.45, 2.75) is 32.1 Å². The number of rotatable bonds is 6. The number of carbonyl (C=O) groups excluding carboxylic acids is 1. The third kappa shape index (κ3) is 4.02. The summed E-state index contributed by atoms with van der Waals surface area (Å²) in [5, 5.41) is 8.91. The van der Waals surface area contributed by atoms with Gasteiger partial charge in [-0.2, -0.15) is 0 Å². The van der Waals surface area contributed by atoms with Crippen LogP contribution in [0.4, 0.5) is 0 Å². The molecule has 0 spiro atoms. The molecule has 1 fully saturated rings. The summed E-state index contributed by atoms with van der Waals surface area (Å²) in [6.07, 6.45) is 3.90. The Labute approximate surface area is 143 Å². The van der Waals surface area contributed by atoms with Crippen LogP contribution in [0.3, 0.4) is 0 Å². The van der Waals surface area contributed by atoms with Crippen LogP contribution in [0, 0.1) is 0 Å². The number of ether oxygens (including phenoxy) is 1. The summed E-state index contributed by atoms with van der Waals surface area (Å²) in [4.78, 5) is 13.7. The van der Waals surface area contributed by atoms with Crippen molar-refractivity contribution < 1.29 is 9.53 Å². The first kappa shape index (κ1) is 16.2. The minimum atomic E-state index is -0.487. The number of hydrogen-bond donors (Lipinski definition) is 0. The van der Waals surface area contributed by atoms with Gasteiger partial charge in [0.05, 0.1) is 30.0 Å². The number of methoxy groups -OCH3 is 1. The zero-order valence-corrected chi connectivity index (χ0v) is 14.1. The van der Waals surface area contributed by atoms with Gasteiger partial charge in [0.1, 0.15) is 0 Å². The van der Waals surface area contributed by atoms with E-state index in [9.17, 15) is 4.79 Å². The number of nitrogens with zero attached hydrogens (tertiary/aromatic N) is 4. The van der Waals surface area contributed by atoms with Gasteiger partial charge in [-0.25, -0.2) is 9.48 Å². The van der Waals surface area contributed by atoms with Gasteiger partial charge in [0, 0.05) is 12.6 Å². The zero-order chi connectivity index (χ0) is 16.4. The van der Waals surface area contributed by atoms with Crippen molar-refractivity contribution in [2.24, 2.45) is 0 Å². The number of carbonyl (C=O) groups is 1. The van der Waals surface area contributed by atoms with E-state index in [0.717, 1.165) is 24.9 Å². The first-order valence-corrected chi connectivity index (χ1v) is 7.99. The Balaban J connectivity index is 1.70. The fourth-order valence-electron chi connectivity index (χ4n) is 2.36. The Kier molecular flexibility index (Phi) is 4.84. The van der Waals surface area contributed by atoms with Gasteiger partial charge in [-0.05, 0) is 30.5 Å². The average Bonchev–Trinajstić information content (AvgIpc) is 3.29. The van der Waals surface area contributed by atoms with Gasteiger partial charge in [0.15, 0.2) is 5.69 Å². The lowest BCUT2D eigenvalue weighted by Crippen LogP contribution is -2.28. The predicted molar refractivity (Wildman–Crippen MR) is 86.4 cm³/mol. The van der Waals surface area contributed by atoms with E-state index in [-0.39, 0.29) is 5.69 Å². The Morgan fingerprint density at radius 2 is 2.17 bits per heavy atom. The fourth-order valence-corrected chi connectivity index (χ4v) is 2.68. The molecule has 1 heterocycles. The SMILES string of the molecule is COC(=O)c1cn(CN(Cc2ccc(Cl)c(Cl)c2)C2CC2)nn1. The van der Waals surface area contributed by atoms with E-state index in [1.807, 2.05) is 12.1 Å². The molecule has 1 aromatic heterocycles. The van der Waals surface area contributed by atoms with Gasteiger partial charge in [0.2, 0.25) is 0 Å². The monoisotopic (exact) mass is 354 g/mol. The summed E-state index contributed by atoms with van der Waals surface area (Å²) in [6.45, 7) is 1.28. The van der Waals surface area contributed by atoms with Gasteiger partial charge < -0.3 is 4.74 Å². The second kappa shape index (κ2) is 6.86. The highest BCUT2D eigenvalue weighted by atomic mass is 35.5. The van der Waals surface area contributed by atoms with Crippen molar-refractivity contribution in [1.29, 1.82) is 0 Å². The van der Waals surface area contributed by atoms with Gasteiger partial charge in [-0.3, -0.25) is 4.90 Å². The normalized spacial score (nSPS) is 14.3. The maximum absolute atomic E-state index is 11.4. The van der Waals surface area contributed by atoms with E-state index < -0.39 is 5.97 Å². The predicted octanol–water partition coefficient (Wildman–Crippen LogP) is 2.99. The van der Waals surface area contributed by atoms with Crippen LogP contribution in [-0.4, -0.2) is 39.0 Å². The van der Waals surface area contributed by atoms with Gasteiger partial charge >= 0.3 is 5.97 Å². The smallest absolute Gasteiger partial charge is 0.360 e. The summed E-state index contributed by atoms with van der Waals surface area (Å²) in [5.41, 5.74) is 1.29. The molecule has 122 valence electrons. The molecular formula is C15H16Cl2N4O2. The van der Waals surface area contributed by atoms with Crippen molar-refractivity contribution in [1.82, 2.24) is 19.9 Å². The Bertz CT molecular complexity index is 715. The highest BCUT2D eigenvalue weighted by molar-refractivity contribution is 6.42. The minimum Gasteiger partial charge on any atom is -0.464 e. The molecule has 0 radical (unpaired) electrons. The lowest BCUT2D eigenvalue weighted by Gasteiger charge is -2.21. The quantitative estimate of drug-likeness (QED) is 0.746. The minimum absolute atomic E-state index is 0.206. The Hall–Kier alpha value is -1.63. The molecule has 8 heteroatoms. The summed E-state index contributed by atoms with van der Waals surface area (Å²) in [7, 11) is 1.32. The third-order valence-corrected chi connectivity index (χ3v) is 4.43. The van der Waals surface area contributed by atoms with E-state index in [0.29, 0.717) is 22.8 Å². The summed E-state index contributed by atoms with van der Waals surface area (Å²) in [5.74, 6) is -0.487. The summed E-state index contributed by atoms with van der Waals surface area (Å²) in [6, 6.07) is 6.15. The van der Waals surface area contributed by atoms with E-state index in [1.165, 1.54) is 7.11 Å². The van der Waals surface area contributed by atoms with E-state index in [4.69, 9.17) is 23.2 Å². The summed E-state index contributed by atoms with van der Waals surface area (Å²) < 4.78 is 6.28. The molecule has 6 nitrogen and oxygen atoms in total. The summed E-state index contributed by atoms with van der Waals surface area (Å²) >= 11 is 12.0. The first-order valence-electron chi connectivity index (χ1n) is 7.23.